The minimum Gasteiger partial charge on any atom is -0.480 e. The van der Waals surface area contributed by atoms with Gasteiger partial charge in [0.1, 0.15) is 12.1 Å². The van der Waals surface area contributed by atoms with E-state index in [0.717, 1.165) is 0 Å². The fraction of sp³-hybridized carbons (Fsp3) is 0.778. The van der Waals surface area contributed by atoms with Crippen molar-refractivity contribution in [3.05, 3.63) is 0 Å². The van der Waals surface area contributed by atoms with Gasteiger partial charge in [-0.15, -0.1) is 0 Å². The van der Waals surface area contributed by atoms with E-state index in [-0.39, 0.29) is 0 Å². The largest absolute Gasteiger partial charge is 0.480 e. The van der Waals surface area contributed by atoms with Gasteiger partial charge in [0.05, 0.1) is 0 Å². The van der Waals surface area contributed by atoms with Gasteiger partial charge in [-0.1, -0.05) is 13.8 Å². The summed E-state index contributed by atoms with van der Waals surface area (Å²) >= 11 is 0. The topological polar surface area (TPSA) is 127 Å². The smallest absolute Gasteiger partial charge is 0.320 e. The van der Waals surface area contributed by atoms with Gasteiger partial charge in [-0.05, 0) is 19.3 Å². The maximum absolute atomic E-state index is 10.1. The van der Waals surface area contributed by atoms with Crippen molar-refractivity contribution in [1.29, 1.82) is 0 Å². The zero-order chi connectivity index (χ0) is 12.6. The Bertz CT molecular complexity index is 204. The van der Waals surface area contributed by atoms with Crippen LogP contribution in [0.1, 0.15) is 27.2 Å². The molecule has 1 unspecified atom stereocenters. The molecule has 0 aromatic heterocycles. The first-order valence-electron chi connectivity index (χ1n) is 4.65. The van der Waals surface area contributed by atoms with Crippen molar-refractivity contribution >= 4 is 11.9 Å². The van der Waals surface area contributed by atoms with Gasteiger partial charge in [-0.25, -0.2) is 0 Å². The molecule has 90 valence electrons. The molecule has 0 amide bonds. The Hall–Kier alpha value is -1.14. The van der Waals surface area contributed by atoms with E-state index in [4.69, 9.17) is 21.7 Å². The van der Waals surface area contributed by atoms with E-state index in [1.165, 1.54) is 6.92 Å². The number of carboxylic acid groups (broad SMARTS) is 2. The van der Waals surface area contributed by atoms with Crippen LogP contribution in [0.25, 0.3) is 0 Å². The van der Waals surface area contributed by atoms with E-state index in [9.17, 15) is 9.59 Å². The van der Waals surface area contributed by atoms with E-state index < -0.39 is 24.0 Å². The van der Waals surface area contributed by atoms with E-state index in [1.807, 2.05) is 13.8 Å². The zero-order valence-electron chi connectivity index (χ0n) is 9.30. The number of carboxylic acids is 2. The van der Waals surface area contributed by atoms with Crippen molar-refractivity contribution in [3.8, 4) is 0 Å². The number of rotatable bonds is 4. The molecule has 0 saturated carbocycles. The second kappa shape index (κ2) is 8.19. The van der Waals surface area contributed by atoms with Crippen molar-refractivity contribution in [2.24, 2.45) is 17.4 Å². The summed E-state index contributed by atoms with van der Waals surface area (Å²) in [5.74, 6) is -1.52. The number of aliphatic carboxylic acids is 2. The summed E-state index contributed by atoms with van der Waals surface area (Å²) in [4.78, 5) is 19.7. The van der Waals surface area contributed by atoms with Gasteiger partial charge in [0.25, 0.3) is 0 Å². The molecule has 0 spiro atoms. The molecule has 0 saturated heterocycles. The Morgan fingerprint density at radius 1 is 1.07 bits per heavy atom. The lowest BCUT2D eigenvalue weighted by molar-refractivity contribution is -0.139. The second-order valence-electron chi connectivity index (χ2n) is 3.70. The van der Waals surface area contributed by atoms with Crippen LogP contribution in [0.2, 0.25) is 0 Å². The fourth-order valence-electron chi connectivity index (χ4n) is 0.609. The average molecular weight is 220 g/mol. The molecule has 0 aliphatic carbocycles. The first-order valence-corrected chi connectivity index (χ1v) is 4.65. The quantitative estimate of drug-likeness (QED) is 0.522. The Balaban J connectivity index is 0. The molecule has 6 N–H and O–H groups in total. The number of hydrogen-bond donors (Lipinski definition) is 4. The Morgan fingerprint density at radius 3 is 1.47 bits per heavy atom. The molecule has 0 fully saturated rings. The molecule has 0 aromatic rings. The second-order valence-corrected chi connectivity index (χ2v) is 3.70. The lowest BCUT2D eigenvalue weighted by atomic mass is 10.1. The molecule has 0 radical (unpaired) electrons. The number of nitrogens with two attached hydrogens (primary N) is 2. The number of hydrogen-bond acceptors (Lipinski definition) is 4. The molecule has 6 nitrogen and oxygen atoms in total. The van der Waals surface area contributed by atoms with Crippen LogP contribution >= 0.6 is 0 Å². The highest BCUT2D eigenvalue weighted by Crippen LogP contribution is 2.01. The summed E-state index contributed by atoms with van der Waals surface area (Å²) in [6, 6.07) is -1.42. The molecule has 0 aliphatic heterocycles. The third kappa shape index (κ3) is 12.9. The summed E-state index contributed by atoms with van der Waals surface area (Å²) in [6.07, 6.45) is 0.551. The third-order valence-electron chi connectivity index (χ3n) is 1.43. The minimum absolute atomic E-state index is 0.357. The van der Waals surface area contributed by atoms with Crippen LogP contribution in [0.4, 0.5) is 0 Å². The van der Waals surface area contributed by atoms with Crippen LogP contribution in [0.15, 0.2) is 0 Å². The van der Waals surface area contributed by atoms with Crippen LogP contribution < -0.4 is 11.5 Å². The summed E-state index contributed by atoms with van der Waals surface area (Å²) < 4.78 is 0. The normalized spacial score (nSPS) is 13.7. The van der Waals surface area contributed by atoms with Crippen molar-refractivity contribution in [1.82, 2.24) is 0 Å². The molecule has 0 aliphatic rings. The third-order valence-corrected chi connectivity index (χ3v) is 1.43. The Labute approximate surface area is 89.3 Å². The highest BCUT2D eigenvalue weighted by molar-refractivity contribution is 5.73. The summed E-state index contributed by atoms with van der Waals surface area (Å²) in [5.41, 5.74) is 10.1. The Morgan fingerprint density at radius 2 is 1.40 bits per heavy atom. The van der Waals surface area contributed by atoms with Gasteiger partial charge in [0, 0.05) is 0 Å². The van der Waals surface area contributed by atoms with Gasteiger partial charge in [0.2, 0.25) is 0 Å². The van der Waals surface area contributed by atoms with Gasteiger partial charge in [-0.3, -0.25) is 9.59 Å². The van der Waals surface area contributed by atoms with E-state index in [0.29, 0.717) is 12.3 Å². The lowest BCUT2D eigenvalue weighted by Gasteiger charge is -2.07. The van der Waals surface area contributed by atoms with Gasteiger partial charge >= 0.3 is 11.9 Å². The minimum atomic E-state index is -0.963. The molecule has 0 rings (SSSR count). The van der Waals surface area contributed by atoms with Gasteiger partial charge in [-0.2, -0.15) is 0 Å². The van der Waals surface area contributed by atoms with Crippen molar-refractivity contribution in [2.75, 3.05) is 0 Å². The summed E-state index contributed by atoms with van der Waals surface area (Å²) in [7, 11) is 0. The van der Waals surface area contributed by atoms with E-state index in [1.54, 1.807) is 0 Å². The van der Waals surface area contributed by atoms with E-state index >= 15 is 0 Å². The standard InChI is InChI=1S/C6H13NO2.C3H7NO2/c1-4(2)3-5(7)6(8)9;1-2(4)3(5)6/h4-5H,3,7H2,1-2H3,(H,8,9);2H,4H2,1H3,(H,5,6)/t;2-/m.1/s1. The summed E-state index contributed by atoms with van der Waals surface area (Å²) in [6.45, 7) is 5.31. The first-order chi connectivity index (χ1) is 6.68. The van der Waals surface area contributed by atoms with Crippen LogP contribution in [0.3, 0.4) is 0 Å². The molecule has 0 heterocycles. The highest BCUT2D eigenvalue weighted by atomic mass is 16.4. The van der Waals surface area contributed by atoms with Crippen LogP contribution in [0.5, 0.6) is 0 Å². The predicted octanol–water partition coefficient (Wildman–Crippen LogP) is -0.137. The van der Waals surface area contributed by atoms with Crippen LogP contribution in [-0.2, 0) is 9.59 Å². The van der Waals surface area contributed by atoms with Crippen LogP contribution in [0, 0.1) is 5.92 Å². The van der Waals surface area contributed by atoms with Crippen LogP contribution in [-0.4, -0.2) is 34.2 Å². The molecule has 15 heavy (non-hydrogen) atoms. The fourth-order valence-corrected chi connectivity index (χ4v) is 0.609. The maximum Gasteiger partial charge on any atom is 0.320 e. The molecule has 2 atom stereocenters. The zero-order valence-corrected chi connectivity index (χ0v) is 9.30. The van der Waals surface area contributed by atoms with E-state index in [2.05, 4.69) is 0 Å². The Kier molecular flexibility index (Phi) is 8.90. The van der Waals surface area contributed by atoms with Gasteiger partial charge in [0.15, 0.2) is 0 Å². The monoisotopic (exact) mass is 220 g/mol. The maximum atomic E-state index is 10.1. The molecular weight excluding hydrogens is 200 g/mol. The molecular formula is C9H20N2O4. The van der Waals surface area contributed by atoms with Gasteiger partial charge < -0.3 is 21.7 Å². The number of carbonyl (C=O) groups is 2. The van der Waals surface area contributed by atoms with Crippen molar-refractivity contribution in [2.45, 2.75) is 39.3 Å². The predicted molar refractivity (Wildman–Crippen MR) is 56.4 cm³/mol. The lowest BCUT2D eigenvalue weighted by Crippen LogP contribution is -2.31. The first kappa shape index (κ1) is 16.3. The van der Waals surface area contributed by atoms with Crippen molar-refractivity contribution in [3.63, 3.8) is 0 Å². The highest BCUT2D eigenvalue weighted by Gasteiger charge is 2.11. The summed E-state index contributed by atoms with van der Waals surface area (Å²) in [5, 5.41) is 16.2. The SMILES string of the molecule is CC(C)CC(N)C(=O)O.C[C@@H](N)C(=O)O. The molecule has 6 heteroatoms. The molecule has 0 bridgehead atoms. The average Bonchev–Trinajstić information content (AvgIpc) is 2.03. The van der Waals surface area contributed by atoms with Crippen molar-refractivity contribution < 1.29 is 19.8 Å². The molecule has 0 aromatic carbocycles.